The summed E-state index contributed by atoms with van der Waals surface area (Å²) in [4.78, 5) is 28.6. The predicted molar refractivity (Wildman–Crippen MR) is 121 cm³/mol. The molecule has 1 atom stereocenters. The fourth-order valence-corrected chi connectivity index (χ4v) is 3.78. The molecule has 0 spiro atoms. The van der Waals surface area contributed by atoms with Crippen molar-refractivity contribution >= 4 is 23.6 Å². The Morgan fingerprint density at radius 3 is 2.31 bits per heavy atom. The largest absolute Gasteiger partial charge is 0.354 e. The highest BCUT2D eigenvalue weighted by Crippen LogP contribution is 2.20. The van der Waals surface area contributed by atoms with E-state index >= 15 is 0 Å². The summed E-state index contributed by atoms with van der Waals surface area (Å²) in [5.41, 5.74) is 2.19. The molecule has 0 saturated carbocycles. The quantitative estimate of drug-likeness (QED) is 0.577. The molecule has 29 heavy (non-hydrogen) atoms. The number of hydrogen-bond donors (Lipinski definition) is 1. The normalized spacial score (nSPS) is 11.9. The maximum absolute atomic E-state index is 13.1. The Hall–Kier alpha value is -2.27. The van der Waals surface area contributed by atoms with E-state index in [9.17, 15) is 9.59 Å². The van der Waals surface area contributed by atoms with Crippen molar-refractivity contribution in [2.75, 3.05) is 12.3 Å². The van der Waals surface area contributed by atoms with Crippen molar-refractivity contribution in [2.45, 2.75) is 51.6 Å². The van der Waals surface area contributed by atoms with Gasteiger partial charge in [-0.2, -0.15) is 0 Å². The molecule has 0 heterocycles. The van der Waals surface area contributed by atoms with Gasteiger partial charge in [-0.3, -0.25) is 9.59 Å². The Morgan fingerprint density at radius 1 is 1.00 bits per heavy atom. The first-order valence-electron chi connectivity index (χ1n) is 10.2. The van der Waals surface area contributed by atoms with Crippen LogP contribution in [-0.2, 0) is 16.1 Å². The van der Waals surface area contributed by atoms with Gasteiger partial charge in [-0.05, 0) is 43.0 Å². The van der Waals surface area contributed by atoms with Crippen LogP contribution >= 0.6 is 11.8 Å². The van der Waals surface area contributed by atoms with Gasteiger partial charge in [0.25, 0.3) is 0 Å². The van der Waals surface area contributed by atoms with Crippen LogP contribution in [0.4, 0.5) is 0 Å². The molecule has 1 N–H and O–H groups in total. The maximum Gasteiger partial charge on any atom is 0.242 e. The van der Waals surface area contributed by atoms with Crippen molar-refractivity contribution in [1.29, 1.82) is 0 Å². The molecular formula is C24H32N2O2S. The molecule has 2 amide bonds. The monoisotopic (exact) mass is 412 g/mol. The van der Waals surface area contributed by atoms with Gasteiger partial charge in [0, 0.05) is 30.2 Å². The summed E-state index contributed by atoms with van der Waals surface area (Å²) >= 11 is 1.66. The summed E-state index contributed by atoms with van der Waals surface area (Å²) < 4.78 is 0. The van der Waals surface area contributed by atoms with Crippen LogP contribution in [0.2, 0.25) is 0 Å². The zero-order valence-corrected chi connectivity index (χ0v) is 18.7. The lowest BCUT2D eigenvalue weighted by atomic mass is 10.1. The average molecular weight is 413 g/mol. The van der Waals surface area contributed by atoms with Crippen LogP contribution in [0, 0.1) is 12.8 Å². The van der Waals surface area contributed by atoms with Crippen molar-refractivity contribution < 1.29 is 9.59 Å². The van der Waals surface area contributed by atoms with Crippen LogP contribution in [0.3, 0.4) is 0 Å². The standard InChI is InChI=1S/C24H32N2O2S/c1-18(2)16-25-24(28)20(4)26(17-21-11-9-8-10-19(21)3)23(27)14-15-29-22-12-6-5-7-13-22/h5-13,18,20H,14-17H2,1-4H3,(H,25,28)/t20-/m1/s1. The minimum atomic E-state index is -0.511. The van der Waals surface area contributed by atoms with Crippen LogP contribution in [0.25, 0.3) is 0 Å². The number of thioether (sulfide) groups is 1. The number of nitrogens with zero attached hydrogens (tertiary/aromatic N) is 1. The van der Waals surface area contributed by atoms with Crippen molar-refractivity contribution in [3.05, 3.63) is 65.7 Å². The molecule has 0 saturated heterocycles. The molecule has 2 rings (SSSR count). The van der Waals surface area contributed by atoms with Gasteiger partial charge in [-0.15, -0.1) is 11.8 Å². The number of hydrogen-bond acceptors (Lipinski definition) is 3. The molecular weight excluding hydrogens is 380 g/mol. The highest BCUT2D eigenvalue weighted by molar-refractivity contribution is 7.99. The Morgan fingerprint density at radius 2 is 1.66 bits per heavy atom. The number of amides is 2. The van der Waals surface area contributed by atoms with Crippen LogP contribution in [-0.4, -0.2) is 35.1 Å². The third kappa shape index (κ3) is 7.58. The maximum atomic E-state index is 13.1. The minimum absolute atomic E-state index is 0.00359. The zero-order valence-electron chi connectivity index (χ0n) is 17.9. The van der Waals surface area contributed by atoms with Gasteiger partial charge in [-0.25, -0.2) is 0 Å². The van der Waals surface area contributed by atoms with Crippen LogP contribution in [0.1, 0.15) is 38.3 Å². The van der Waals surface area contributed by atoms with E-state index in [1.165, 1.54) is 0 Å². The highest BCUT2D eigenvalue weighted by atomic mass is 32.2. The number of carbonyl (C=O) groups excluding carboxylic acids is 2. The van der Waals surface area contributed by atoms with Gasteiger partial charge in [-0.1, -0.05) is 56.3 Å². The Bertz CT molecular complexity index is 792. The molecule has 2 aromatic carbocycles. The van der Waals surface area contributed by atoms with E-state index in [1.54, 1.807) is 16.7 Å². The lowest BCUT2D eigenvalue weighted by Crippen LogP contribution is -2.48. The fourth-order valence-electron chi connectivity index (χ4n) is 2.92. The molecule has 4 nitrogen and oxygen atoms in total. The summed E-state index contributed by atoms with van der Waals surface area (Å²) in [5.74, 6) is 0.960. The Balaban J connectivity index is 2.06. The summed E-state index contributed by atoms with van der Waals surface area (Å²) in [6.07, 6.45) is 0.396. The van der Waals surface area contributed by atoms with Crippen molar-refractivity contribution in [3.63, 3.8) is 0 Å². The summed E-state index contributed by atoms with van der Waals surface area (Å²) in [6.45, 7) is 9.02. The second kappa shape index (κ2) is 11.7. The van der Waals surface area contributed by atoms with Gasteiger partial charge >= 0.3 is 0 Å². The molecule has 0 bridgehead atoms. The first-order chi connectivity index (χ1) is 13.9. The van der Waals surface area contributed by atoms with Crippen LogP contribution in [0.5, 0.6) is 0 Å². The smallest absolute Gasteiger partial charge is 0.242 e. The number of benzene rings is 2. The first-order valence-corrected chi connectivity index (χ1v) is 11.2. The van der Waals surface area contributed by atoms with E-state index in [4.69, 9.17) is 0 Å². The van der Waals surface area contributed by atoms with E-state index < -0.39 is 6.04 Å². The number of rotatable bonds is 10. The molecule has 2 aromatic rings. The molecule has 0 radical (unpaired) electrons. The second-order valence-corrected chi connectivity index (χ2v) is 8.84. The molecule has 0 aliphatic rings. The van der Waals surface area contributed by atoms with Gasteiger partial charge in [0.15, 0.2) is 0 Å². The van der Waals surface area contributed by atoms with Gasteiger partial charge in [0.1, 0.15) is 6.04 Å². The summed E-state index contributed by atoms with van der Waals surface area (Å²) in [6, 6.07) is 17.6. The van der Waals surface area contributed by atoms with Crippen molar-refractivity contribution in [2.24, 2.45) is 5.92 Å². The van der Waals surface area contributed by atoms with Gasteiger partial charge in [0.2, 0.25) is 11.8 Å². The van der Waals surface area contributed by atoms with Gasteiger partial charge in [0.05, 0.1) is 0 Å². The van der Waals surface area contributed by atoms with E-state index in [1.807, 2.05) is 68.4 Å². The van der Waals surface area contributed by atoms with Crippen LogP contribution < -0.4 is 5.32 Å². The van der Waals surface area contributed by atoms with E-state index in [0.29, 0.717) is 31.2 Å². The molecule has 0 unspecified atom stereocenters. The minimum Gasteiger partial charge on any atom is -0.354 e. The van der Waals surface area contributed by atoms with E-state index in [-0.39, 0.29) is 11.8 Å². The van der Waals surface area contributed by atoms with Crippen molar-refractivity contribution in [1.82, 2.24) is 10.2 Å². The summed E-state index contributed by atoms with van der Waals surface area (Å²) in [5, 5.41) is 2.96. The predicted octanol–water partition coefficient (Wildman–Crippen LogP) is 4.67. The molecule has 0 aromatic heterocycles. The van der Waals surface area contributed by atoms with Gasteiger partial charge < -0.3 is 10.2 Å². The molecule has 0 fully saturated rings. The topological polar surface area (TPSA) is 49.4 Å². The summed E-state index contributed by atoms with van der Waals surface area (Å²) in [7, 11) is 0. The van der Waals surface area contributed by atoms with Crippen LogP contribution in [0.15, 0.2) is 59.5 Å². The zero-order chi connectivity index (χ0) is 21.2. The Labute approximate surface area is 179 Å². The average Bonchev–Trinajstić information content (AvgIpc) is 2.71. The second-order valence-electron chi connectivity index (χ2n) is 7.67. The SMILES string of the molecule is Cc1ccccc1CN(C(=O)CCSc1ccccc1)[C@H](C)C(=O)NCC(C)C. The van der Waals surface area contributed by atoms with E-state index in [2.05, 4.69) is 19.2 Å². The first kappa shape index (κ1) is 23.0. The number of nitrogens with one attached hydrogen (secondary N) is 1. The molecule has 0 aliphatic carbocycles. The van der Waals surface area contributed by atoms with Crippen molar-refractivity contribution in [3.8, 4) is 0 Å². The highest BCUT2D eigenvalue weighted by Gasteiger charge is 2.26. The fraction of sp³-hybridized carbons (Fsp3) is 0.417. The lowest BCUT2D eigenvalue weighted by molar-refractivity contribution is -0.140. The molecule has 156 valence electrons. The third-order valence-electron chi connectivity index (χ3n) is 4.78. The number of carbonyl (C=O) groups is 2. The van der Waals surface area contributed by atoms with E-state index in [0.717, 1.165) is 16.0 Å². The molecule has 5 heteroatoms. The lowest BCUT2D eigenvalue weighted by Gasteiger charge is -2.29. The third-order valence-corrected chi connectivity index (χ3v) is 5.80. The Kier molecular flexibility index (Phi) is 9.26. The molecule has 0 aliphatic heterocycles. The number of aryl methyl sites for hydroxylation is 1.